The highest BCUT2D eigenvalue weighted by Crippen LogP contribution is 2.30. The minimum Gasteiger partial charge on any atom is -0.331 e. The second-order valence-electron chi connectivity index (χ2n) is 7.52. The zero-order valence-electron chi connectivity index (χ0n) is 16.8. The van der Waals surface area contributed by atoms with Gasteiger partial charge in [0.2, 0.25) is 10.0 Å². The summed E-state index contributed by atoms with van der Waals surface area (Å²) in [5.74, 6) is 0.0223. The van der Waals surface area contributed by atoms with E-state index in [-0.39, 0.29) is 29.3 Å². The summed E-state index contributed by atoms with van der Waals surface area (Å²) in [5, 5.41) is 3.40. The third kappa shape index (κ3) is 4.70. The first-order valence-corrected chi connectivity index (χ1v) is 11.6. The van der Waals surface area contributed by atoms with E-state index in [4.69, 9.17) is 0 Å². The van der Waals surface area contributed by atoms with Crippen molar-refractivity contribution in [3.63, 3.8) is 0 Å². The topological polar surface area (TPSA) is 69.7 Å². The zero-order chi connectivity index (χ0) is 19.4. The second kappa shape index (κ2) is 10.1. The normalized spacial score (nSPS) is 22.0. The number of sulfonamides is 1. The molecule has 0 saturated carbocycles. The Labute approximate surface area is 175 Å². The van der Waals surface area contributed by atoms with Gasteiger partial charge in [-0.25, -0.2) is 8.42 Å². The number of nitrogens with one attached hydrogen (secondary N) is 1. The fraction of sp³-hybridized carbons (Fsp3) is 0.650. The Hall–Kier alpha value is -1.15. The van der Waals surface area contributed by atoms with Crippen molar-refractivity contribution in [1.82, 2.24) is 14.5 Å². The molecule has 28 heavy (non-hydrogen) atoms. The molecule has 2 saturated heterocycles. The Balaban J connectivity index is 0.00000280. The highest BCUT2D eigenvalue weighted by Gasteiger charge is 2.38. The number of carbonyl (C=O) groups excluding carboxylic acids is 1. The van der Waals surface area contributed by atoms with Crippen molar-refractivity contribution < 1.29 is 13.2 Å². The molecule has 2 fully saturated rings. The molecule has 1 aromatic carbocycles. The molecule has 2 bridgehead atoms. The lowest BCUT2D eigenvalue weighted by Crippen LogP contribution is -2.42. The summed E-state index contributed by atoms with van der Waals surface area (Å²) in [4.78, 5) is 15.3. The number of fused-ring (bicyclic) bond motifs is 2. The number of amides is 1. The fourth-order valence-electron chi connectivity index (χ4n) is 4.23. The standard InChI is InChI=1S/C20H31N3O3S.ClH/c1-3-13-22(14-4-2)27(25,26)19-9-5-16(6-10-19)20(24)23-17-7-8-18(23)15-21-12-11-17;/h5-6,9-10,17-18,21H,3-4,7-8,11-15H2,1-2H3;1H. The maximum Gasteiger partial charge on any atom is 0.254 e. The van der Waals surface area contributed by atoms with Crippen LogP contribution in [0.3, 0.4) is 0 Å². The zero-order valence-corrected chi connectivity index (χ0v) is 18.4. The van der Waals surface area contributed by atoms with E-state index in [9.17, 15) is 13.2 Å². The lowest BCUT2D eigenvalue weighted by molar-refractivity contribution is 0.0680. The van der Waals surface area contributed by atoms with Gasteiger partial charge in [-0.15, -0.1) is 12.4 Å². The summed E-state index contributed by atoms with van der Waals surface area (Å²) in [6.45, 7) is 6.78. The van der Waals surface area contributed by atoms with Gasteiger partial charge in [-0.3, -0.25) is 4.79 Å². The molecule has 0 aliphatic carbocycles. The Morgan fingerprint density at radius 3 is 2.29 bits per heavy atom. The van der Waals surface area contributed by atoms with Gasteiger partial charge in [0.1, 0.15) is 0 Å². The van der Waals surface area contributed by atoms with E-state index < -0.39 is 10.0 Å². The van der Waals surface area contributed by atoms with Crippen molar-refractivity contribution in [2.75, 3.05) is 26.2 Å². The Kier molecular flexibility index (Phi) is 8.30. The number of halogens is 1. The lowest BCUT2D eigenvalue weighted by atomic mass is 10.1. The monoisotopic (exact) mass is 429 g/mol. The predicted molar refractivity (Wildman–Crippen MR) is 113 cm³/mol. The van der Waals surface area contributed by atoms with E-state index in [1.165, 1.54) is 4.31 Å². The van der Waals surface area contributed by atoms with Gasteiger partial charge < -0.3 is 10.2 Å². The quantitative estimate of drug-likeness (QED) is 0.723. The molecule has 2 aliphatic heterocycles. The first-order chi connectivity index (χ1) is 13.0. The smallest absolute Gasteiger partial charge is 0.254 e. The predicted octanol–water partition coefficient (Wildman–Crippen LogP) is 2.89. The highest BCUT2D eigenvalue weighted by molar-refractivity contribution is 7.89. The third-order valence-electron chi connectivity index (χ3n) is 5.57. The van der Waals surface area contributed by atoms with Crippen LogP contribution >= 0.6 is 12.4 Å². The molecule has 2 atom stereocenters. The van der Waals surface area contributed by atoms with E-state index in [1.807, 2.05) is 18.7 Å². The third-order valence-corrected chi connectivity index (χ3v) is 7.49. The minimum absolute atomic E-state index is 0. The Morgan fingerprint density at radius 2 is 1.68 bits per heavy atom. The van der Waals surface area contributed by atoms with Crippen LogP contribution in [0.15, 0.2) is 29.2 Å². The van der Waals surface area contributed by atoms with Crippen molar-refractivity contribution in [3.8, 4) is 0 Å². The maximum absolute atomic E-state index is 13.1. The molecule has 1 aromatic rings. The molecular formula is C20H32ClN3O3S. The van der Waals surface area contributed by atoms with Crippen LogP contribution in [0.1, 0.15) is 56.3 Å². The molecule has 8 heteroatoms. The van der Waals surface area contributed by atoms with Gasteiger partial charge in [0, 0.05) is 37.3 Å². The molecule has 0 aromatic heterocycles. The van der Waals surface area contributed by atoms with E-state index in [1.54, 1.807) is 24.3 Å². The summed E-state index contributed by atoms with van der Waals surface area (Å²) >= 11 is 0. The second-order valence-corrected chi connectivity index (χ2v) is 9.46. The van der Waals surface area contributed by atoms with Gasteiger partial charge in [0.15, 0.2) is 0 Å². The summed E-state index contributed by atoms with van der Waals surface area (Å²) in [7, 11) is -3.51. The number of hydrogen-bond acceptors (Lipinski definition) is 4. The first kappa shape index (κ1) is 23.1. The molecule has 0 spiro atoms. The molecule has 2 aliphatic rings. The maximum atomic E-state index is 13.1. The number of rotatable bonds is 7. The number of benzene rings is 1. The van der Waals surface area contributed by atoms with E-state index >= 15 is 0 Å². The first-order valence-electron chi connectivity index (χ1n) is 10.1. The number of hydrogen-bond donors (Lipinski definition) is 1. The van der Waals surface area contributed by atoms with Gasteiger partial charge in [-0.2, -0.15) is 4.31 Å². The summed E-state index contributed by atoms with van der Waals surface area (Å²) in [6, 6.07) is 7.05. The van der Waals surface area contributed by atoms with Gasteiger partial charge in [0.05, 0.1) is 4.90 Å². The Morgan fingerprint density at radius 1 is 1.07 bits per heavy atom. The van der Waals surface area contributed by atoms with Crippen molar-refractivity contribution in [3.05, 3.63) is 29.8 Å². The molecule has 1 amide bonds. The van der Waals surface area contributed by atoms with Gasteiger partial charge in [-0.05, 0) is 62.9 Å². The van der Waals surface area contributed by atoms with Crippen molar-refractivity contribution in [2.24, 2.45) is 0 Å². The van der Waals surface area contributed by atoms with Gasteiger partial charge in [0.25, 0.3) is 5.91 Å². The average Bonchev–Trinajstić information content (AvgIpc) is 2.93. The van der Waals surface area contributed by atoms with Crippen molar-refractivity contribution in [2.45, 2.75) is 62.9 Å². The summed E-state index contributed by atoms with van der Waals surface area (Å²) < 4.78 is 27.3. The molecule has 6 nitrogen and oxygen atoms in total. The van der Waals surface area contributed by atoms with Crippen LogP contribution in [-0.4, -0.2) is 61.8 Å². The molecular weight excluding hydrogens is 398 g/mol. The SMILES string of the molecule is CCCN(CCC)S(=O)(=O)c1ccc(C(=O)N2C3CCNCC2CC3)cc1.Cl. The Bertz CT molecular complexity index is 734. The summed E-state index contributed by atoms with van der Waals surface area (Å²) in [6.07, 6.45) is 4.65. The average molecular weight is 430 g/mol. The van der Waals surface area contributed by atoms with Crippen LogP contribution < -0.4 is 5.32 Å². The van der Waals surface area contributed by atoms with Crippen LogP contribution in [-0.2, 0) is 10.0 Å². The van der Waals surface area contributed by atoms with Crippen LogP contribution in [0.25, 0.3) is 0 Å². The van der Waals surface area contributed by atoms with Crippen molar-refractivity contribution in [1.29, 1.82) is 0 Å². The van der Waals surface area contributed by atoms with Gasteiger partial charge >= 0.3 is 0 Å². The molecule has 3 rings (SSSR count). The van der Waals surface area contributed by atoms with Crippen LogP contribution in [0.2, 0.25) is 0 Å². The van der Waals surface area contributed by atoms with Crippen LogP contribution in [0.4, 0.5) is 0 Å². The number of nitrogens with zero attached hydrogens (tertiary/aromatic N) is 2. The van der Waals surface area contributed by atoms with Crippen LogP contribution in [0.5, 0.6) is 0 Å². The minimum atomic E-state index is -3.51. The lowest BCUT2D eigenvalue weighted by Gasteiger charge is -2.28. The summed E-state index contributed by atoms with van der Waals surface area (Å²) in [5.41, 5.74) is 0.574. The highest BCUT2D eigenvalue weighted by atomic mass is 35.5. The molecule has 2 unspecified atom stereocenters. The van der Waals surface area contributed by atoms with Crippen LogP contribution in [0, 0.1) is 0 Å². The fourth-order valence-corrected chi connectivity index (χ4v) is 5.86. The number of carbonyl (C=O) groups is 1. The largest absolute Gasteiger partial charge is 0.331 e. The molecule has 2 heterocycles. The van der Waals surface area contributed by atoms with E-state index in [0.717, 1.165) is 45.2 Å². The molecule has 0 radical (unpaired) electrons. The molecule has 158 valence electrons. The van der Waals surface area contributed by atoms with E-state index in [0.29, 0.717) is 24.7 Å². The van der Waals surface area contributed by atoms with E-state index in [2.05, 4.69) is 5.32 Å². The van der Waals surface area contributed by atoms with Crippen molar-refractivity contribution >= 4 is 28.3 Å². The van der Waals surface area contributed by atoms with Gasteiger partial charge in [-0.1, -0.05) is 13.8 Å². The molecule has 1 N–H and O–H groups in total.